The van der Waals surface area contributed by atoms with E-state index in [0.717, 1.165) is 34.7 Å². The zero-order valence-corrected chi connectivity index (χ0v) is 15.8. The molecule has 0 radical (unpaired) electrons. The number of rotatable bonds is 5. The van der Waals surface area contributed by atoms with E-state index in [9.17, 15) is 4.79 Å². The van der Waals surface area contributed by atoms with Crippen molar-refractivity contribution in [2.75, 3.05) is 5.32 Å². The van der Waals surface area contributed by atoms with Gasteiger partial charge < -0.3 is 9.84 Å². The maximum absolute atomic E-state index is 12.0. The number of anilines is 1. The van der Waals surface area contributed by atoms with Crippen LogP contribution in [0.1, 0.15) is 41.5 Å². The summed E-state index contributed by atoms with van der Waals surface area (Å²) >= 11 is 5.27. The van der Waals surface area contributed by atoms with E-state index in [1.807, 2.05) is 32.9 Å². The van der Waals surface area contributed by atoms with E-state index in [-0.39, 0.29) is 5.91 Å². The maximum Gasteiger partial charge on any atom is 0.238 e. The number of nitrogens with one attached hydrogen (secondary N) is 3. The van der Waals surface area contributed by atoms with Crippen molar-refractivity contribution in [3.63, 3.8) is 0 Å². The lowest BCUT2D eigenvalue weighted by Gasteiger charge is -2.16. The third-order valence-corrected chi connectivity index (χ3v) is 4.28. The zero-order valence-electron chi connectivity index (χ0n) is 15.0. The second-order valence-corrected chi connectivity index (χ2v) is 6.30. The van der Waals surface area contributed by atoms with Crippen LogP contribution in [-0.4, -0.2) is 16.2 Å². The number of amides is 1. The quantitative estimate of drug-likeness (QED) is 0.562. The summed E-state index contributed by atoms with van der Waals surface area (Å²) in [5.41, 5.74) is 10.4. The highest BCUT2D eigenvalue weighted by Gasteiger charge is 2.11. The van der Waals surface area contributed by atoms with Gasteiger partial charge in [-0.3, -0.25) is 15.6 Å². The summed E-state index contributed by atoms with van der Waals surface area (Å²) in [7, 11) is 0. The molecule has 1 heterocycles. The lowest BCUT2D eigenvalue weighted by molar-refractivity contribution is -0.121. The molecule has 7 heteroatoms. The maximum atomic E-state index is 12.0. The fourth-order valence-electron chi connectivity index (χ4n) is 2.63. The number of aryl methyl sites for hydroxylation is 4. The second kappa shape index (κ2) is 8.62. The first-order valence-corrected chi connectivity index (χ1v) is 8.69. The highest BCUT2D eigenvalue weighted by molar-refractivity contribution is 7.80. The fraction of sp³-hybridized carbons (Fsp3) is 0.389. The third kappa shape index (κ3) is 5.03. The first-order chi connectivity index (χ1) is 11.9. The zero-order chi connectivity index (χ0) is 18.4. The SMILES string of the molecule is CCc1cccc(C)c1NC(=S)NNC(=O)CCc1c(C)noc1C. The number of nitrogens with zero attached hydrogens (tertiary/aromatic N) is 1. The van der Waals surface area contributed by atoms with Crippen LogP contribution in [0.4, 0.5) is 5.69 Å². The average molecular weight is 360 g/mol. The number of hydrogen-bond donors (Lipinski definition) is 3. The van der Waals surface area contributed by atoms with Crippen molar-refractivity contribution in [2.24, 2.45) is 0 Å². The largest absolute Gasteiger partial charge is 0.361 e. The third-order valence-electron chi connectivity index (χ3n) is 4.08. The molecular formula is C18H24N4O2S. The van der Waals surface area contributed by atoms with Crippen LogP contribution in [0.15, 0.2) is 22.7 Å². The number of benzene rings is 1. The minimum Gasteiger partial charge on any atom is -0.361 e. The molecule has 0 unspecified atom stereocenters. The molecule has 1 aromatic heterocycles. The molecule has 0 aliphatic carbocycles. The van der Waals surface area contributed by atoms with Crippen LogP contribution in [0.25, 0.3) is 0 Å². The Morgan fingerprint density at radius 3 is 2.64 bits per heavy atom. The van der Waals surface area contributed by atoms with Crippen LogP contribution in [0.3, 0.4) is 0 Å². The van der Waals surface area contributed by atoms with E-state index in [0.29, 0.717) is 18.0 Å². The molecule has 3 N–H and O–H groups in total. The number of para-hydroxylation sites is 1. The molecule has 0 spiro atoms. The number of hydrogen-bond acceptors (Lipinski definition) is 4. The Bertz CT molecular complexity index is 751. The minimum atomic E-state index is -0.148. The van der Waals surface area contributed by atoms with Gasteiger partial charge in [-0.15, -0.1) is 0 Å². The Kier molecular flexibility index (Phi) is 6.52. The molecule has 1 aromatic carbocycles. The molecule has 0 bridgehead atoms. The first-order valence-electron chi connectivity index (χ1n) is 8.28. The van der Waals surface area contributed by atoms with Gasteiger partial charge in [0, 0.05) is 17.7 Å². The Labute approximate surface area is 153 Å². The molecule has 0 saturated carbocycles. The molecule has 25 heavy (non-hydrogen) atoms. The summed E-state index contributed by atoms with van der Waals surface area (Å²) < 4.78 is 5.10. The summed E-state index contributed by atoms with van der Waals surface area (Å²) in [6.45, 7) is 7.83. The van der Waals surface area contributed by atoms with Crippen LogP contribution in [0, 0.1) is 20.8 Å². The molecule has 0 atom stereocenters. The van der Waals surface area contributed by atoms with E-state index in [1.165, 1.54) is 5.56 Å². The van der Waals surface area contributed by atoms with Gasteiger partial charge in [0.25, 0.3) is 0 Å². The fourth-order valence-corrected chi connectivity index (χ4v) is 2.79. The molecule has 134 valence electrons. The molecule has 1 amide bonds. The van der Waals surface area contributed by atoms with Gasteiger partial charge >= 0.3 is 0 Å². The Balaban J connectivity index is 1.83. The van der Waals surface area contributed by atoms with E-state index >= 15 is 0 Å². The molecule has 0 fully saturated rings. The van der Waals surface area contributed by atoms with Crippen molar-refractivity contribution in [1.82, 2.24) is 16.0 Å². The molecule has 0 aliphatic rings. The van der Waals surface area contributed by atoms with Gasteiger partial charge in [-0.05, 0) is 57.0 Å². The van der Waals surface area contributed by atoms with E-state index in [2.05, 4.69) is 34.3 Å². The van der Waals surface area contributed by atoms with Crippen LogP contribution in [0.5, 0.6) is 0 Å². The summed E-state index contributed by atoms with van der Waals surface area (Å²) in [4.78, 5) is 12.0. The highest BCUT2D eigenvalue weighted by Crippen LogP contribution is 2.20. The van der Waals surface area contributed by atoms with Gasteiger partial charge in [-0.1, -0.05) is 30.3 Å². The van der Waals surface area contributed by atoms with Crippen molar-refractivity contribution >= 4 is 28.9 Å². The standard InChI is InChI=1S/C18H24N4O2S/c1-5-14-8-6-7-11(2)17(14)19-18(25)21-20-16(23)10-9-15-12(3)22-24-13(15)4/h6-8H,5,9-10H2,1-4H3,(H,20,23)(H2,19,21,25). The Morgan fingerprint density at radius 1 is 1.24 bits per heavy atom. The monoisotopic (exact) mass is 360 g/mol. The summed E-state index contributed by atoms with van der Waals surface area (Å²) in [5, 5.41) is 7.40. The van der Waals surface area contributed by atoms with Crippen molar-refractivity contribution in [3.05, 3.63) is 46.3 Å². The first kappa shape index (κ1) is 18.9. The van der Waals surface area contributed by atoms with Crippen molar-refractivity contribution in [3.8, 4) is 0 Å². The van der Waals surface area contributed by atoms with Crippen LogP contribution in [-0.2, 0) is 17.6 Å². The Morgan fingerprint density at radius 2 is 2.00 bits per heavy atom. The molecule has 2 aromatic rings. The molecule has 2 rings (SSSR count). The van der Waals surface area contributed by atoms with Crippen LogP contribution >= 0.6 is 12.2 Å². The van der Waals surface area contributed by atoms with Gasteiger partial charge in [0.1, 0.15) is 5.76 Å². The minimum absolute atomic E-state index is 0.148. The van der Waals surface area contributed by atoms with Gasteiger partial charge in [-0.25, -0.2) is 0 Å². The summed E-state index contributed by atoms with van der Waals surface area (Å²) in [6.07, 6.45) is 1.80. The lowest BCUT2D eigenvalue weighted by atomic mass is 10.1. The van der Waals surface area contributed by atoms with Crippen molar-refractivity contribution < 1.29 is 9.32 Å². The van der Waals surface area contributed by atoms with E-state index in [1.54, 1.807) is 0 Å². The van der Waals surface area contributed by atoms with E-state index < -0.39 is 0 Å². The van der Waals surface area contributed by atoms with Crippen LogP contribution in [0.2, 0.25) is 0 Å². The Hall–Kier alpha value is -2.41. The smallest absolute Gasteiger partial charge is 0.238 e. The molecule has 6 nitrogen and oxygen atoms in total. The topological polar surface area (TPSA) is 79.2 Å². The van der Waals surface area contributed by atoms with Gasteiger partial charge in [0.15, 0.2) is 5.11 Å². The van der Waals surface area contributed by atoms with Crippen molar-refractivity contribution in [2.45, 2.75) is 47.0 Å². The number of hydrazine groups is 1. The number of thiocarbonyl (C=S) groups is 1. The number of carbonyl (C=O) groups excluding carboxylic acids is 1. The lowest BCUT2D eigenvalue weighted by Crippen LogP contribution is -2.44. The summed E-state index contributed by atoms with van der Waals surface area (Å²) in [5.74, 6) is 0.603. The molecule has 0 saturated heterocycles. The number of aromatic nitrogens is 1. The normalized spacial score (nSPS) is 10.4. The highest BCUT2D eigenvalue weighted by atomic mass is 32.1. The van der Waals surface area contributed by atoms with E-state index in [4.69, 9.17) is 16.7 Å². The predicted octanol–water partition coefficient (Wildman–Crippen LogP) is 3.11. The van der Waals surface area contributed by atoms with Crippen molar-refractivity contribution in [1.29, 1.82) is 0 Å². The van der Waals surface area contributed by atoms with Gasteiger partial charge in [0.2, 0.25) is 5.91 Å². The average Bonchev–Trinajstić information content (AvgIpc) is 2.91. The molecule has 0 aliphatic heterocycles. The van der Waals surface area contributed by atoms with Crippen LogP contribution < -0.4 is 16.2 Å². The predicted molar refractivity (Wildman–Crippen MR) is 102 cm³/mol. The van der Waals surface area contributed by atoms with Gasteiger partial charge in [-0.2, -0.15) is 0 Å². The second-order valence-electron chi connectivity index (χ2n) is 5.89. The summed E-state index contributed by atoms with van der Waals surface area (Å²) in [6, 6.07) is 6.10. The molecular weight excluding hydrogens is 336 g/mol. The number of carbonyl (C=O) groups is 1. The van der Waals surface area contributed by atoms with Gasteiger partial charge in [0.05, 0.1) is 5.69 Å².